The van der Waals surface area contributed by atoms with Crippen molar-refractivity contribution in [1.29, 1.82) is 0 Å². The van der Waals surface area contributed by atoms with E-state index in [1.807, 2.05) is 12.1 Å². The standard InChI is InChI=1S/C9H10BrNO2/c1-11(12)6-7-5-8(10)3-4-9(7)13-2/h3-6H,1-2H3. The molecule has 0 spiro atoms. The minimum absolute atomic E-state index is 0.686. The van der Waals surface area contributed by atoms with Gasteiger partial charge in [-0.25, -0.2) is 4.74 Å². The molecular formula is C9H10BrNO2. The average Bonchev–Trinajstić information content (AvgIpc) is 2.03. The van der Waals surface area contributed by atoms with E-state index in [2.05, 4.69) is 15.9 Å². The van der Waals surface area contributed by atoms with Gasteiger partial charge >= 0.3 is 0 Å². The molecule has 70 valence electrons. The third kappa shape index (κ3) is 2.73. The third-order valence-corrected chi connectivity index (χ3v) is 2.01. The first-order chi connectivity index (χ1) is 6.13. The summed E-state index contributed by atoms with van der Waals surface area (Å²) in [6.07, 6.45) is 1.46. The van der Waals surface area contributed by atoms with Gasteiger partial charge in [-0.05, 0) is 18.2 Å². The lowest BCUT2D eigenvalue weighted by Crippen LogP contribution is -1.99. The Labute approximate surface area is 85.4 Å². The topological polar surface area (TPSA) is 35.3 Å². The Bertz CT molecular complexity index is 332. The highest BCUT2D eigenvalue weighted by Crippen LogP contribution is 2.20. The summed E-state index contributed by atoms with van der Waals surface area (Å²) in [5, 5.41) is 10.8. The maximum Gasteiger partial charge on any atom is 0.185 e. The Morgan fingerprint density at radius 3 is 2.77 bits per heavy atom. The van der Waals surface area contributed by atoms with E-state index in [1.54, 1.807) is 13.2 Å². The zero-order chi connectivity index (χ0) is 9.84. The van der Waals surface area contributed by atoms with E-state index in [1.165, 1.54) is 13.3 Å². The Kier molecular flexibility index (Phi) is 3.31. The van der Waals surface area contributed by atoms with Crippen molar-refractivity contribution < 1.29 is 9.48 Å². The SMILES string of the molecule is COc1ccc(Br)cc1C=[N+](C)[O-]. The van der Waals surface area contributed by atoms with Crippen LogP contribution in [0.25, 0.3) is 0 Å². The van der Waals surface area contributed by atoms with E-state index in [0.29, 0.717) is 5.75 Å². The van der Waals surface area contributed by atoms with Gasteiger partial charge in [-0.1, -0.05) is 15.9 Å². The first-order valence-corrected chi connectivity index (χ1v) is 4.51. The fourth-order valence-electron chi connectivity index (χ4n) is 1.00. The van der Waals surface area contributed by atoms with Crippen LogP contribution < -0.4 is 4.74 Å². The van der Waals surface area contributed by atoms with Crippen LogP contribution in [0.2, 0.25) is 0 Å². The molecule has 0 atom stereocenters. The molecule has 0 fully saturated rings. The van der Waals surface area contributed by atoms with Crippen molar-refractivity contribution in [3.63, 3.8) is 0 Å². The van der Waals surface area contributed by atoms with E-state index in [4.69, 9.17) is 4.74 Å². The first kappa shape index (κ1) is 10.1. The van der Waals surface area contributed by atoms with Crippen LogP contribution in [0.15, 0.2) is 22.7 Å². The lowest BCUT2D eigenvalue weighted by Gasteiger charge is -2.04. The summed E-state index contributed by atoms with van der Waals surface area (Å²) in [5.41, 5.74) is 0.759. The lowest BCUT2D eigenvalue weighted by molar-refractivity contribution is -0.416. The predicted molar refractivity (Wildman–Crippen MR) is 55.4 cm³/mol. The molecular weight excluding hydrogens is 234 g/mol. The second-order valence-electron chi connectivity index (χ2n) is 2.56. The molecule has 0 radical (unpaired) electrons. The van der Waals surface area contributed by atoms with E-state index in [0.717, 1.165) is 14.8 Å². The number of rotatable bonds is 2. The molecule has 4 heteroatoms. The number of halogens is 1. The number of methoxy groups -OCH3 is 1. The summed E-state index contributed by atoms with van der Waals surface area (Å²) in [7, 11) is 3.01. The van der Waals surface area contributed by atoms with E-state index in [9.17, 15) is 5.21 Å². The monoisotopic (exact) mass is 243 g/mol. The molecule has 1 aromatic carbocycles. The number of hydrogen-bond acceptors (Lipinski definition) is 2. The summed E-state index contributed by atoms with van der Waals surface area (Å²) in [4.78, 5) is 0. The molecule has 0 heterocycles. The van der Waals surface area contributed by atoms with Crippen molar-refractivity contribution in [2.24, 2.45) is 0 Å². The zero-order valence-electron chi connectivity index (χ0n) is 7.45. The maximum atomic E-state index is 10.8. The molecule has 0 bridgehead atoms. The van der Waals surface area contributed by atoms with Gasteiger partial charge in [-0.3, -0.25) is 0 Å². The minimum atomic E-state index is 0.686. The Hall–Kier alpha value is -1.03. The van der Waals surface area contributed by atoms with Crippen LogP contribution in [-0.2, 0) is 0 Å². The molecule has 1 rings (SSSR count). The Morgan fingerprint density at radius 1 is 1.54 bits per heavy atom. The van der Waals surface area contributed by atoms with Gasteiger partial charge < -0.3 is 9.94 Å². The molecule has 0 aromatic heterocycles. The van der Waals surface area contributed by atoms with E-state index in [-0.39, 0.29) is 0 Å². The largest absolute Gasteiger partial charge is 0.624 e. The van der Waals surface area contributed by atoms with Gasteiger partial charge in [0.25, 0.3) is 0 Å². The van der Waals surface area contributed by atoms with E-state index >= 15 is 0 Å². The van der Waals surface area contributed by atoms with Crippen LogP contribution in [-0.4, -0.2) is 25.1 Å². The van der Waals surface area contributed by atoms with Crippen LogP contribution in [0, 0.1) is 5.21 Å². The molecule has 0 N–H and O–H groups in total. The smallest absolute Gasteiger partial charge is 0.185 e. The molecule has 0 aliphatic carbocycles. The van der Waals surface area contributed by atoms with Gasteiger partial charge in [0.1, 0.15) is 12.8 Å². The second kappa shape index (κ2) is 4.28. The highest BCUT2D eigenvalue weighted by atomic mass is 79.9. The summed E-state index contributed by atoms with van der Waals surface area (Å²) >= 11 is 3.32. The molecule has 0 amide bonds. The van der Waals surface area contributed by atoms with Gasteiger partial charge in [0.15, 0.2) is 6.21 Å². The van der Waals surface area contributed by atoms with Crippen molar-refractivity contribution in [3.05, 3.63) is 33.4 Å². The number of benzene rings is 1. The first-order valence-electron chi connectivity index (χ1n) is 3.72. The van der Waals surface area contributed by atoms with Gasteiger partial charge in [0, 0.05) is 4.47 Å². The normalized spacial score (nSPS) is 11.5. The summed E-state index contributed by atoms with van der Waals surface area (Å²) in [5.74, 6) is 0.686. The molecule has 0 saturated carbocycles. The van der Waals surface area contributed by atoms with Crippen molar-refractivity contribution in [2.45, 2.75) is 0 Å². The quantitative estimate of drug-likeness (QED) is 0.345. The van der Waals surface area contributed by atoms with Crippen LogP contribution in [0.4, 0.5) is 0 Å². The molecule has 0 aliphatic heterocycles. The zero-order valence-corrected chi connectivity index (χ0v) is 9.04. The number of ether oxygens (including phenoxy) is 1. The third-order valence-electron chi connectivity index (χ3n) is 1.51. The number of hydrogen-bond donors (Lipinski definition) is 0. The Morgan fingerprint density at radius 2 is 2.23 bits per heavy atom. The summed E-state index contributed by atoms with van der Waals surface area (Å²) in [6, 6.07) is 5.49. The van der Waals surface area contributed by atoms with Crippen LogP contribution in [0.5, 0.6) is 5.75 Å². The summed E-state index contributed by atoms with van der Waals surface area (Å²) < 4.78 is 6.74. The van der Waals surface area contributed by atoms with Gasteiger partial charge in [-0.15, -0.1) is 0 Å². The lowest BCUT2D eigenvalue weighted by atomic mass is 10.2. The highest BCUT2D eigenvalue weighted by molar-refractivity contribution is 9.10. The van der Waals surface area contributed by atoms with Crippen molar-refractivity contribution in [2.75, 3.05) is 14.2 Å². The molecule has 13 heavy (non-hydrogen) atoms. The number of hydroxylamine groups is 1. The van der Waals surface area contributed by atoms with Gasteiger partial charge in [0.2, 0.25) is 0 Å². The van der Waals surface area contributed by atoms with Crippen LogP contribution in [0.1, 0.15) is 5.56 Å². The maximum absolute atomic E-state index is 10.8. The fraction of sp³-hybridized carbons (Fsp3) is 0.222. The molecule has 0 unspecified atom stereocenters. The van der Waals surface area contributed by atoms with Crippen LogP contribution in [0.3, 0.4) is 0 Å². The second-order valence-corrected chi connectivity index (χ2v) is 3.48. The van der Waals surface area contributed by atoms with Crippen molar-refractivity contribution in [1.82, 2.24) is 0 Å². The van der Waals surface area contributed by atoms with Crippen LogP contribution >= 0.6 is 15.9 Å². The van der Waals surface area contributed by atoms with E-state index < -0.39 is 0 Å². The molecule has 1 aromatic rings. The minimum Gasteiger partial charge on any atom is -0.624 e. The number of nitrogens with zero attached hydrogens (tertiary/aromatic N) is 1. The predicted octanol–water partition coefficient (Wildman–Crippen LogP) is 2.02. The molecule has 3 nitrogen and oxygen atoms in total. The summed E-state index contributed by atoms with van der Waals surface area (Å²) in [6.45, 7) is 0. The van der Waals surface area contributed by atoms with Crippen molar-refractivity contribution in [3.8, 4) is 5.75 Å². The average molecular weight is 244 g/mol. The molecule has 0 aliphatic rings. The Balaban J connectivity index is 3.16. The highest BCUT2D eigenvalue weighted by Gasteiger charge is 2.03. The fourth-order valence-corrected chi connectivity index (χ4v) is 1.38. The van der Waals surface area contributed by atoms with Gasteiger partial charge in [0.05, 0.1) is 12.7 Å². The van der Waals surface area contributed by atoms with Crippen molar-refractivity contribution >= 4 is 22.1 Å². The van der Waals surface area contributed by atoms with Gasteiger partial charge in [-0.2, -0.15) is 0 Å². The molecule has 0 saturated heterocycles.